The minimum absolute atomic E-state index is 0.210. The number of hydrogen-bond acceptors (Lipinski definition) is 7. The van der Waals surface area contributed by atoms with E-state index < -0.39 is 0 Å². The second-order valence-electron chi connectivity index (χ2n) is 7.24. The molecule has 0 bridgehead atoms. The van der Waals surface area contributed by atoms with Crippen molar-refractivity contribution in [1.29, 1.82) is 0 Å². The molecular formula is C18H27N7O. The summed E-state index contributed by atoms with van der Waals surface area (Å²) in [6.07, 6.45) is 5.94. The summed E-state index contributed by atoms with van der Waals surface area (Å²) in [5.41, 5.74) is 2.26. The highest BCUT2D eigenvalue weighted by atomic mass is 16.2. The molecular weight excluding hydrogens is 330 g/mol. The minimum atomic E-state index is 0.210. The van der Waals surface area contributed by atoms with E-state index in [2.05, 4.69) is 31.2 Å². The molecule has 1 atom stereocenters. The molecule has 1 aromatic heterocycles. The van der Waals surface area contributed by atoms with Crippen LogP contribution in [0.4, 0.5) is 11.8 Å². The van der Waals surface area contributed by atoms with Crippen LogP contribution < -0.4 is 21.3 Å². The number of nitrogens with one attached hydrogen (secondary N) is 4. The van der Waals surface area contributed by atoms with Crippen LogP contribution in [0.3, 0.4) is 0 Å². The SMILES string of the molecule is CNC1=C(Nc2ccnc(N[C@H]3CCCN(C(=O)C4CC4)C3)n2)CNC1. The van der Waals surface area contributed by atoms with E-state index in [1.54, 1.807) is 6.20 Å². The van der Waals surface area contributed by atoms with Crippen LogP contribution in [0.5, 0.6) is 0 Å². The lowest BCUT2D eigenvalue weighted by molar-refractivity contribution is -0.133. The summed E-state index contributed by atoms with van der Waals surface area (Å²) in [6, 6.07) is 2.08. The third-order valence-electron chi connectivity index (χ3n) is 5.20. The first-order valence-electron chi connectivity index (χ1n) is 9.49. The Morgan fingerprint density at radius 2 is 2.12 bits per heavy atom. The Hall–Kier alpha value is -2.35. The van der Waals surface area contributed by atoms with Gasteiger partial charge in [-0.3, -0.25) is 4.79 Å². The van der Waals surface area contributed by atoms with Crippen LogP contribution in [0.15, 0.2) is 23.7 Å². The number of likely N-dealkylation sites (N-methyl/N-ethyl adjacent to an activating group) is 1. The largest absolute Gasteiger partial charge is 0.389 e. The lowest BCUT2D eigenvalue weighted by Gasteiger charge is -2.33. The van der Waals surface area contributed by atoms with Gasteiger partial charge < -0.3 is 26.2 Å². The Morgan fingerprint density at radius 1 is 1.27 bits per heavy atom. The van der Waals surface area contributed by atoms with Crippen molar-refractivity contribution in [2.24, 2.45) is 5.92 Å². The van der Waals surface area contributed by atoms with Gasteiger partial charge in [0.15, 0.2) is 0 Å². The topological polar surface area (TPSA) is 94.2 Å². The van der Waals surface area contributed by atoms with Gasteiger partial charge in [0.1, 0.15) is 5.82 Å². The van der Waals surface area contributed by atoms with Crippen LogP contribution in [-0.4, -0.2) is 60.0 Å². The average molecular weight is 357 g/mol. The fourth-order valence-corrected chi connectivity index (χ4v) is 3.60. The van der Waals surface area contributed by atoms with E-state index in [4.69, 9.17) is 0 Å². The number of rotatable bonds is 6. The average Bonchev–Trinajstić information content (AvgIpc) is 3.41. The first-order valence-corrected chi connectivity index (χ1v) is 9.49. The Morgan fingerprint density at radius 3 is 2.92 bits per heavy atom. The molecule has 4 N–H and O–H groups in total. The quantitative estimate of drug-likeness (QED) is 0.596. The van der Waals surface area contributed by atoms with Gasteiger partial charge in [0.2, 0.25) is 11.9 Å². The smallest absolute Gasteiger partial charge is 0.225 e. The Balaban J connectivity index is 1.38. The van der Waals surface area contributed by atoms with Crippen molar-refractivity contribution in [2.75, 3.05) is 43.9 Å². The van der Waals surface area contributed by atoms with Crippen molar-refractivity contribution >= 4 is 17.7 Å². The van der Waals surface area contributed by atoms with Crippen molar-refractivity contribution in [2.45, 2.75) is 31.7 Å². The molecule has 0 aromatic carbocycles. The highest BCUT2D eigenvalue weighted by Crippen LogP contribution is 2.32. The van der Waals surface area contributed by atoms with E-state index in [9.17, 15) is 4.79 Å². The maximum atomic E-state index is 12.3. The van der Waals surface area contributed by atoms with Crippen molar-refractivity contribution in [3.63, 3.8) is 0 Å². The number of likely N-dealkylation sites (tertiary alicyclic amines) is 1. The summed E-state index contributed by atoms with van der Waals surface area (Å²) in [5.74, 6) is 1.99. The Kier molecular flexibility index (Phi) is 4.92. The zero-order chi connectivity index (χ0) is 17.9. The summed E-state index contributed by atoms with van der Waals surface area (Å²) < 4.78 is 0. The number of amides is 1. The molecule has 0 unspecified atom stereocenters. The Bertz CT molecular complexity index is 701. The van der Waals surface area contributed by atoms with Crippen LogP contribution in [0.2, 0.25) is 0 Å². The standard InChI is InChI=1S/C18H27N7O/c1-19-14-9-20-10-15(14)23-16-6-7-21-18(24-16)22-13-3-2-8-25(11-13)17(26)12-4-5-12/h6-7,12-13,19-20H,2-5,8-11H2,1H3,(H2,21,22,23,24)/t13-/m0/s1. The summed E-state index contributed by atoms with van der Waals surface area (Å²) in [6.45, 7) is 3.25. The van der Waals surface area contributed by atoms with Gasteiger partial charge in [0.05, 0.1) is 5.70 Å². The summed E-state index contributed by atoms with van der Waals surface area (Å²) in [5, 5.41) is 13.3. The van der Waals surface area contributed by atoms with Gasteiger partial charge >= 0.3 is 0 Å². The van der Waals surface area contributed by atoms with E-state index in [-0.39, 0.29) is 12.0 Å². The number of anilines is 2. The van der Waals surface area contributed by atoms with Gasteiger partial charge in [-0.25, -0.2) is 4.98 Å². The lowest BCUT2D eigenvalue weighted by Crippen LogP contribution is -2.45. The molecule has 2 aliphatic heterocycles. The van der Waals surface area contributed by atoms with Crippen LogP contribution in [0.1, 0.15) is 25.7 Å². The number of carbonyl (C=O) groups is 1. The predicted molar refractivity (Wildman–Crippen MR) is 101 cm³/mol. The van der Waals surface area contributed by atoms with Crippen LogP contribution in [0.25, 0.3) is 0 Å². The third-order valence-corrected chi connectivity index (χ3v) is 5.20. The maximum absolute atomic E-state index is 12.3. The van der Waals surface area contributed by atoms with Crippen molar-refractivity contribution in [3.8, 4) is 0 Å². The van der Waals surface area contributed by atoms with Crippen LogP contribution in [0, 0.1) is 5.92 Å². The summed E-state index contributed by atoms with van der Waals surface area (Å²) in [7, 11) is 1.93. The van der Waals surface area contributed by atoms with E-state index in [1.807, 2.05) is 18.0 Å². The zero-order valence-corrected chi connectivity index (χ0v) is 15.2. The van der Waals surface area contributed by atoms with Gasteiger partial charge in [-0.1, -0.05) is 0 Å². The summed E-state index contributed by atoms with van der Waals surface area (Å²) in [4.78, 5) is 23.3. The predicted octanol–water partition coefficient (Wildman–Crippen LogP) is 0.736. The number of aromatic nitrogens is 2. The highest BCUT2D eigenvalue weighted by Gasteiger charge is 2.35. The third kappa shape index (κ3) is 3.90. The van der Waals surface area contributed by atoms with Crippen molar-refractivity contribution in [3.05, 3.63) is 23.7 Å². The molecule has 8 nitrogen and oxygen atoms in total. The first kappa shape index (κ1) is 17.1. The number of nitrogens with zero attached hydrogens (tertiary/aromatic N) is 3. The zero-order valence-electron chi connectivity index (χ0n) is 15.2. The normalized spacial score (nSPS) is 23.1. The number of hydrogen-bond donors (Lipinski definition) is 4. The van der Waals surface area contributed by atoms with Gasteiger partial charge in [0, 0.05) is 57.1 Å². The molecule has 4 rings (SSSR count). The molecule has 1 aromatic rings. The molecule has 1 aliphatic carbocycles. The molecule has 140 valence electrons. The molecule has 8 heteroatoms. The van der Waals surface area contributed by atoms with E-state index >= 15 is 0 Å². The maximum Gasteiger partial charge on any atom is 0.225 e. The van der Waals surface area contributed by atoms with Gasteiger partial charge in [-0.05, 0) is 31.7 Å². The van der Waals surface area contributed by atoms with Crippen LogP contribution >= 0.6 is 0 Å². The first-order chi connectivity index (χ1) is 12.7. The second kappa shape index (κ2) is 7.49. The number of carbonyl (C=O) groups excluding carboxylic acids is 1. The van der Waals surface area contributed by atoms with Gasteiger partial charge in [-0.15, -0.1) is 0 Å². The fourth-order valence-electron chi connectivity index (χ4n) is 3.60. The highest BCUT2D eigenvalue weighted by molar-refractivity contribution is 5.81. The summed E-state index contributed by atoms with van der Waals surface area (Å²) >= 11 is 0. The molecule has 2 fully saturated rings. The molecule has 1 saturated carbocycles. The molecule has 1 amide bonds. The second-order valence-corrected chi connectivity index (χ2v) is 7.24. The van der Waals surface area contributed by atoms with Crippen LogP contribution in [-0.2, 0) is 4.79 Å². The minimum Gasteiger partial charge on any atom is -0.389 e. The number of piperidine rings is 1. The fraction of sp³-hybridized carbons (Fsp3) is 0.611. The van der Waals surface area contributed by atoms with Gasteiger partial charge in [0.25, 0.3) is 0 Å². The molecule has 26 heavy (non-hydrogen) atoms. The lowest BCUT2D eigenvalue weighted by atomic mass is 10.1. The van der Waals surface area contributed by atoms with E-state index in [1.165, 1.54) is 0 Å². The molecule has 3 aliphatic rings. The van der Waals surface area contributed by atoms with Gasteiger partial charge in [-0.2, -0.15) is 4.98 Å². The van der Waals surface area contributed by atoms with Crippen molar-refractivity contribution < 1.29 is 4.79 Å². The van der Waals surface area contributed by atoms with Crippen molar-refractivity contribution in [1.82, 2.24) is 25.5 Å². The van der Waals surface area contributed by atoms with E-state index in [0.29, 0.717) is 11.9 Å². The van der Waals surface area contributed by atoms with E-state index in [0.717, 1.165) is 69.1 Å². The molecule has 1 saturated heterocycles. The monoisotopic (exact) mass is 357 g/mol. The Labute approximate surface area is 153 Å². The molecule has 0 spiro atoms. The molecule has 0 radical (unpaired) electrons. The molecule has 3 heterocycles.